The monoisotopic (exact) mass is 654 g/mol. The number of hydrogen-bond donors (Lipinski definition) is 4. The number of carbonyl (C=O) groups excluding carboxylic acids is 3. The van der Waals surface area contributed by atoms with E-state index in [1.54, 1.807) is 30.3 Å². The van der Waals surface area contributed by atoms with Crippen LogP contribution in [0, 0.1) is 0 Å². The van der Waals surface area contributed by atoms with Gasteiger partial charge < -0.3 is 41.1 Å². The standard InChI is InChI=1S/C31H35N11O3.CH3NO/c1-21-20-42(14-13-40(21)2)30-38-27(37-29(39-30)41-15-17-45-18-16-41)22-3-7-24(8-4-22)35-31(44)36-25-9-5-23(6-10-25)28(43)34-26-11-12-32-33-19-26;2-1-3/h3-12,19,21H,13-18,20H2,1-2H3,(H,32,34,43)(H2,35,36,44);1H,(H2,2,3). The zero-order valence-corrected chi connectivity index (χ0v) is 26.7. The van der Waals surface area contributed by atoms with Crippen molar-refractivity contribution in [3.8, 4) is 11.4 Å². The van der Waals surface area contributed by atoms with Crippen molar-refractivity contribution in [3.05, 3.63) is 72.6 Å². The average molecular weight is 655 g/mol. The minimum absolute atomic E-state index is 0.250. The van der Waals surface area contributed by atoms with Gasteiger partial charge in [0.25, 0.3) is 5.91 Å². The van der Waals surface area contributed by atoms with E-state index in [-0.39, 0.29) is 12.3 Å². The van der Waals surface area contributed by atoms with E-state index in [9.17, 15) is 9.59 Å². The van der Waals surface area contributed by atoms with Gasteiger partial charge in [0, 0.05) is 61.3 Å². The zero-order valence-electron chi connectivity index (χ0n) is 26.7. The molecule has 2 aromatic heterocycles. The molecule has 16 nitrogen and oxygen atoms in total. The van der Waals surface area contributed by atoms with Gasteiger partial charge in [-0.05, 0) is 68.6 Å². The van der Waals surface area contributed by atoms with E-state index < -0.39 is 6.03 Å². The molecule has 0 radical (unpaired) electrons. The van der Waals surface area contributed by atoms with E-state index in [2.05, 4.69) is 60.6 Å². The quantitative estimate of drug-likeness (QED) is 0.213. The number of hydrogen-bond acceptors (Lipinski definition) is 12. The first-order valence-electron chi connectivity index (χ1n) is 15.4. The molecule has 1 atom stereocenters. The molecule has 1 unspecified atom stereocenters. The van der Waals surface area contributed by atoms with Crippen LogP contribution in [-0.4, -0.2) is 107 Å². The summed E-state index contributed by atoms with van der Waals surface area (Å²) in [5.74, 6) is 1.60. The second-order valence-corrected chi connectivity index (χ2v) is 11.1. The molecule has 4 amide bonds. The van der Waals surface area contributed by atoms with E-state index in [4.69, 9.17) is 24.5 Å². The van der Waals surface area contributed by atoms with Crippen LogP contribution < -0.4 is 31.5 Å². The van der Waals surface area contributed by atoms with Crippen LogP contribution in [0.1, 0.15) is 17.3 Å². The third-order valence-electron chi connectivity index (χ3n) is 7.80. The first-order valence-corrected chi connectivity index (χ1v) is 15.4. The van der Waals surface area contributed by atoms with Crippen LogP contribution in [0.4, 0.5) is 33.8 Å². The Morgan fingerprint density at radius 1 is 0.812 bits per heavy atom. The largest absolute Gasteiger partial charge is 0.378 e. The number of nitrogens with one attached hydrogen (secondary N) is 3. The fraction of sp³-hybridized carbons (Fsp3) is 0.312. The fourth-order valence-corrected chi connectivity index (χ4v) is 5.03. The molecule has 48 heavy (non-hydrogen) atoms. The van der Waals surface area contributed by atoms with E-state index in [1.165, 1.54) is 12.4 Å². The molecule has 0 bridgehead atoms. The van der Waals surface area contributed by atoms with E-state index in [0.717, 1.165) is 38.3 Å². The molecule has 5 N–H and O–H groups in total. The van der Waals surface area contributed by atoms with Gasteiger partial charge in [0.05, 0.1) is 31.3 Å². The lowest BCUT2D eigenvalue weighted by molar-refractivity contribution is -0.106. The summed E-state index contributed by atoms with van der Waals surface area (Å²) in [6, 6.07) is 15.6. The molecule has 0 spiro atoms. The maximum Gasteiger partial charge on any atom is 0.323 e. The molecule has 2 aromatic carbocycles. The molecule has 250 valence electrons. The lowest BCUT2D eigenvalue weighted by atomic mass is 10.2. The van der Waals surface area contributed by atoms with Gasteiger partial charge in [0.15, 0.2) is 5.82 Å². The maximum absolute atomic E-state index is 12.7. The molecule has 0 aliphatic carbocycles. The third-order valence-corrected chi connectivity index (χ3v) is 7.80. The van der Waals surface area contributed by atoms with Crippen molar-refractivity contribution in [3.63, 3.8) is 0 Å². The van der Waals surface area contributed by atoms with E-state index in [1.807, 2.05) is 24.3 Å². The Morgan fingerprint density at radius 3 is 2.04 bits per heavy atom. The van der Waals surface area contributed by atoms with Gasteiger partial charge >= 0.3 is 6.03 Å². The first-order chi connectivity index (χ1) is 23.3. The molecule has 2 aliphatic heterocycles. The second-order valence-electron chi connectivity index (χ2n) is 11.1. The van der Waals surface area contributed by atoms with Crippen molar-refractivity contribution in [1.82, 2.24) is 30.0 Å². The molecular formula is C32H38N12O4. The predicted molar refractivity (Wildman–Crippen MR) is 182 cm³/mol. The highest BCUT2D eigenvalue weighted by Gasteiger charge is 2.25. The van der Waals surface area contributed by atoms with Gasteiger partial charge in [-0.3, -0.25) is 9.59 Å². The number of nitrogens with zero attached hydrogens (tertiary/aromatic N) is 8. The van der Waals surface area contributed by atoms with Crippen molar-refractivity contribution in [2.75, 3.05) is 78.7 Å². The number of likely N-dealkylation sites (N-methyl/N-ethyl adjacent to an activating group) is 1. The first kappa shape index (κ1) is 33.6. The van der Waals surface area contributed by atoms with Gasteiger partial charge in [-0.1, -0.05) is 0 Å². The molecule has 6 rings (SSSR count). The van der Waals surface area contributed by atoms with Gasteiger partial charge in [0.2, 0.25) is 18.3 Å². The Kier molecular flexibility index (Phi) is 11.3. The summed E-state index contributed by atoms with van der Waals surface area (Å²) < 4.78 is 5.54. The van der Waals surface area contributed by atoms with Crippen molar-refractivity contribution in [2.45, 2.75) is 13.0 Å². The number of aromatic nitrogens is 5. The highest BCUT2D eigenvalue weighted by Crippen LogP contribution is 2.25. The van der Waals surface area contributed by atoms with Crippen molar-refractivity contribution in [1.29, 1.82) is 0 Å². The minimum atomic E-state index is -0.413. The highest BCUT2D eigenvalue weighted by molar-refractivity contribution is 6.05. The summed E-state index contributed by atoms with van der Waals surface area (Å²) in [6.45, 7) is 7.52. The van der Waals surface area contributed by atoms with Gasteiger partial charge in [-0.25, -0.2) is 4.79 Å². The Bertz CT molecular complexity index is 1670. The van der Waals surface area contributed by atoms with Crippen LogP contribution in [0.3, 0.4) is 0 Å². The molecule has 2 saturated heterocycles. The van der Waals surface area contributed by atoms with Crippen molar-refractivity contribution < 1.29 is 19.1 Å². The van der Waals surface area contributed by atoms with E-state index >= 15 is 0 Å². The van der Waals surface area contributed by atoms with Crippen molar-refractivity contribution >= 4 is 47.3 Å². The van der Waals surface area contributed by atoms with Crippen LogP contribution in [0.5, 0.6) is 0 Å². The summed E-state index contributed by atoms with van der Waals surface area (Å²) in [4.78, 5) is 55.0. The molecular weight excluding hydrogens is 616 g/mol. The summed E-state index contributed by atoms with van der Waals surface area (Å²) in [7, 11) is 2.14. The number of nitrogens with two attached hydrogens (primary N) is 1. The van der Waals surface area contributed by atoms with Gasteiger partial charge in [-0.15, -0.1) is 0 Å². The number of amides is 4. The normalized spacial score (nSPS) is 16.2. The van der Waals surface area contributed by atoms with Crippen molar-refractivity contribution in [2.24, 2.45) is 5.73 Å². The number of urea groups is 1. The molecule has 2 aliphatic rings. The van der Waals surface area contributed by atoms with Gasteiger partial charge in [0.1, 0.15) is 0 Å². The number of primary amides is 1. The number of benzene rings is 2. The SMILES string of the molecule is CC1CN(c2nc(-c3ccc(NC(=O)Nc4ccc(C(=O)Nc5ccnnc5)cc4)cc3)nc(N3CCOCC3)n2)CCN1C.NC=O. The fourth-order valence-electron chi connectivity index (χ4n) is 5.03. The minimum Gasteiger partial charge on any atom is -0.378 e. The lowest BCUT2D eigenvalue weighted by Gasteiger charge is -2.38. The van der Waals surface area contributed by atoms with Crippen LogP contribution in [0.15, 0.2) is 67.0 Å². The number of anilines is 5. The Morgan fingerprint density at radius 2 is 1.44 bits per heavy atom. The topological polar surface area (TPSA) is 197 Å². The van der Waals surface area contributed by atoms with Crippen LogP contribution in [0.2, 0.25) is 0 Å². The lowest BCUT2D eigenvalue weighted by Crippen LogP contribution is -2.50. The van der Waals surface area contributed by atoms with Crippen LogP contribution in [-0.2, 0) is 9.53 Å². The predicted octanol–water partition coefficient (Wildman–Crippen LogP) is 2.30. The molecule has 4 aromatic rings. The zero-order chi connectivity index (χ0) is 33.9. The molecule has 0 saturated carbocycles. The molecule has 2 fully saturated rings. The summed E-state index contributed by atoms with van der Waals surface area (Å²) >= 11 is 0. The van der Waals surface area contributed by atoms with Gasteiger partial charge in [-0.2, -0.15) is 25.1 Å². The summed E-state index contributed by atoms with van der Waals surface area (Å²) in [5.41, 5.74) is 7.11. The van der Waals surface area contributed by atoms with Crippen LogP contribution in [0.25, 0.3) is 11.4 Å². The molecule has 4 heterocycles. The van der Waals surface area contributed by atoms with E-state index in [0.29, 0.717) is 59.6 Å². The smallest absolute Gasteiger partial charge is 0.323 e. The second kappa shape index (κ2) is 16.2. The maximum atomic E-state index is 12.7. The summed E-state index contributed by atoms with van der Waals surface area (Å²) in [5, 5.41) is 15.8. The number of rotatable bonds is 7. The number of piperazine rings is 1. The number of carbonyl (C=O) groups is 3. The highest BCUT2D eigenvalue weighted by atomic mass is 16.5. The van der Waals surface area contributed by atoms with Crippen LogP contribution >= 0.6 is 0 Å². The third kappa shape index (κ3) is 8.95. The Balaban J connectivity index is 0.00000145. The summed E-state index contributed by atoms with van der Waals surface area (Å²) in [6.07, 6.45) is 3.21. The molecule has 16 heteroatoms. The number of ether oxygens (including phenoxy) is 1. The average Bonchev–Trinajstić information content (AvgIpc) is 3.11. The Hall–Kier alpha value is -5.74. The Labute approximate surface area is 277 Å². The number of morpholine rings is 1.